The van der Waals surface area contributed by atoms with Crippen LogP contribution in [0.2, 0.25) is 0 Å². The molecule has 4 nitrogen and oxygen atoms in total. The molecule has 0 aliphatic carbocycles. The Kier molecular flexibility index (Phi) is 7.32. The lowest BCUT2D eigenvalue weighted by Crippen LogP contribution is -2.29. The zero-order valence-electron chi connectivity index (χ0n) is 9.16. The van der Waals surface area contributed by atoms with E-state index in [-0.39, 0.29) is 18.2 Å². The van der Waals surface area contributed by atoms with E-state index in [0.717, 1.165) is 6.42 Å². The molecule has 0 aromatic rings. The number of carbonyl (C=O) groups excluding carboxylic acids is 1. The molecule has 0 rings (SSSR count). The molecule has 1 unspecified atom stereocenters. The summed E-state index contributed by atoms with van der Waals surface area (Å²) < 4.78 is 0. The van der Waals surface area contributed by atoms with Gasteiger partial charge in [-0.25, -0.2) is 0 Å². The Hall–Kier alpha value is -1.32. The van der Waals surface area contributed by atoms with Crippen molar-refractivity contribution in [1.29, 1.82) is 0 Å². The second-order valence-corrected chi connectivity index (χ2v) is 3.50. The fourth-order valence-corrected chi connectivity index (χ4v) is 1.19. The predicted molar refractivity (Wildman–Crippen MR) is 58.5 cm³/mol. The predicted octanol–water partition coefficient (Wildman–Crippen LogP) is 1.57. The molecule has 4 heteroatoms. The van der Waals surface area contributed by atoms with Gasteiger partial charge in [0.15, 0.2) is 0 Å². The summed E-state index contributed by atoms with van der Waals surface area (Å²) in [7, 11) is 0. The van der Waals surface area contributed by atoms with Crippen molar-refractivity contribution in [3.8, 4) is 0 Å². The summed E-state index contributed by atoms with van der Waals surface area (Å²) in [4.78, 5) is 21.7. The molecule has 15 heavy (non-hydrogen) atoms. The molecule has 0 aliphatic rings. The van der Waals surface area contributed by atoms with Crippen LogP contribution in [0.5, 0.6) is 0 Å². The molecule has 0 heterocycles. The van der Waals surface area contributed by atoms with Crippen LogP contribution in [0, 0.1) is 5.92 Å². The Balaban J connectivity index is 3.74. The molecule has 0 spiro atoms. The van der Waals surface area contributed by atoms with Gasteiger partial charge in [0, 0.05) is 19.4 Å². The zero-order chi connectivity index (χ0) is 11.7. The van der Waals surface area contributed by atoms with E-state index in [9.17, 15) is 9.59 Å². The van der Waals surface area contributed by atoms with Crippen LogP contribution in [-0.2, 0) is 9.59 Å². The molecule has 0 aromatic heterocycles. The highest BCUT2D eigenvalue weighted by Gasteiger charge is 2.11. The van der Waals surface area contributed by atoms with E-state index in [1.54, 1.807) is 6.08 Å². The van der Waals surface area contributed by atoms with Gasteiger partial charge in [0.1, 0.15) is 0 Å². The minimum Gasteiger partial charge on any atom is -0.481 e. The van der Waals surface area contributed by atoms with Gasteiger partial charge >= 0.3 is 5.97 Å². The second-order valence-electron chi connectivity index (χ2n) is 3.50. The van der Waals surface area contributed by atoms with E-state index in [0.29, 0.717) is 19.4 Å². The van der Waals surface area contributed by atoms with Crippen LogP contribution < -0.4 is 5.32 Å². The quantitative estimate of drug-likeness (QED) is 0.601. The Bertz CT molecular complexity index is 226. The van der Waals surface area contributed by atoms with Gasteiger partial charge in [0.2, 0.25) is 5.91 Å². The zero-order valence-corrected chi connectivity index (χ0v) is 9.16. The lowest BCUT2D eigenvalue weighted by Gasteiger charge is -2.12. The molecule has 0 aliphatic heterocycles. The maximum atomic E-state index is 11.2. The minimum absolute atomic E-state index is 0.0233. The molecular formula is C11H19NO3. The molecule has 2 N–H and O–H groups in total. The van der Waals surface area contributed by atoms with Crippen molar-refractivity contribution in [1.82, 2.24) is 5.32 Å². The highest BCUT2D eigenvalue weighted by Crippen LogP contribution is 2.06. The van der Waals surface area contributed by atoms with Crippen LogP contribution >= 0.6 is 0 Å². The first-order valence-corrected chi connectivity index (χ1v) is 5.19. The first-order chi connectivity index (χ1) is 7.10. The molecule has 86 valence electrons. The number of hydrogen-bond donors (Lipinski definition) is 2. The first kappa shape index (κ1) is 13.7. The second kappa shape index (κ2) is 8.03. The number of nitrogens with one attached hydrogen (secondary N) is 1. The molecular weight excluding hydrogens is 194 g/mol. The summed E-state index contributed by atoms with van der Waals surface area (Å²) in [5.74, 6) is -0.837. The third kappa shape index (κ3) is 7.73. The minimum atomic E-state index is -0.817. The molecule has 0 bridgehead atoms. The van der Waals surface area contributed by atoms with Gasteiger partial charge in [-0.3, -0.25) is 9.59 Å². The van der Waals surface area contributed by atoms with E-state index < -0.39 is 5.97 Å². The van der Waals surface area contributed by atoms with Crippen molar-refractivity contribution in [2.75, 3.05) is 6.54 Å². The fraction of sp³-hybridized carbons (Fsp3) is 0.636. The largest absolute Gasteiger partial charge is 0.481 e. The van der Waals surface area contributed by atoms with Crippen LogP contribution in [-0.4, -0.2) is 23.5 Å². The van der Waals surface area contributed by atoms with Gasteiger partial charge in [-0.05, 0) is 12.3 Å². The first-order valence-electron chi connectivity index (χ1n) is 5.19. The Morgan fingerprint density at radius 2 is 2.20 bits per heavy atom. The van der Waals surface area contributed by atoms with E-state index in [4.69, 9.17) is 5.11 Å². The number of aliphatic carboxylic acids is 1. The van der Waals surface area contributed by atoms with Gasteiger partial charge in [-0.15, -0.1) is 6.58 Å². The van der Waals surface area contributed by atoms with Crippen LogP contribution in [0.3, 0.4) is 0 Å². The Morgan fingerprint density at radius 3 is 2.67 bits per heavy atom. The van der Waals surface area contributed by atoms with E-state index in [2.05, 4.69) is 11.9 Å². The molecule has 0 aromatic carbocycles. The highest BCUT2D eigenvalue weighted by atomic mass is 16.4. The third-order valence-electron chi connectivity index (χ3n) is 2.20. The summed E-state index contributed by atoms with van der Waals surface area (Å²) in [5, 5.41) is 11.3. The molecule has 0 fully saturated rings. The number of allylic oxidation sites excluding steroid dienone is 1. The molecule has 1 atom stereocenters. The molecule has 0 radical (unpaired) electrons. The van der Waals surface area contributed by atoms with Crippen LogP contribution in [0.25, 0.3) is 0 Å². The van der Waals surface area contributed by atoms with Gasteiger partial charge in [-0.2, -0.15) is 0 Å². The van der Waals surface area contributed by atoms with Gasteiger partial charge < -0.3 is 10.4 Å². The van der Waals surface area contributed by atoms with Crippen molar-refractivity contribution >= 4 is 11.9 Å². The number of rotatable bonds is 8. The average molecular weight is 213 g/mol. The lowest BCUT2D eigenvalue weighted by atomic mass is 10.0. The van der Waals surface area contributed by atoms with Crippen molar-refractivity contribution in [2.24, 2.45) is 5.92 Å². The summed E-state index contributed by atoms with van der Waals surface area (Å²) in [5.41, 5.74) is 0. The van der Waals surface area contributed by atoms with Crippen molar-refractivity contribution < 1.29 is 14.7 Å². The summed E-state index contributed by atoms with van der Waals surface area (Å²) in [6.07, 6.45) is 3.63. The van der Waals surface area contributed by atoms with Crippen LogP contribution in [0.15, 0.2) is 12.7 Å². The Morgan fingerprint density at radius 1 is 1.53 bits per heavy atom. The SMILES string of the molecule is C=CCCC(=O)NCC(CC)CC(=O)O. The van der Waals surface area contributed by atoms with Crippen LogP contribution in [0.1, 0.15) is 32.6 Å². The lowest BCUT2D eigenvalue weighted by molar-refractivity contribution is -0.138. The highest BCUT2D eigenvalue weighted by molar-refractivity contribution is 5.76. The normalized spacial score (nSPS) is 11.8. The third-order valence-corrected chi connectivity index (χ3v) is 2.20. The number of amides is 1. The maximum Gasteiger partial charge on any atom is 0.303 e. The number of carboxylic acid groups (broad SMARTS) is 1. The smallest absolute Gasteiger partial charge is 0.303 e. The van der Waals surface area contributed by atoms with Crippen molar-refractivity contribution in [3.63, 3.8) is 0 Å². The summed E-state index contributed by atoms with van der Waals surface area (Å²) >= 11 is 0. The summed E-state index contributed by atoms with van der Waals surface area (Å²) in [6, 6.07) is 0. The monoisotopic (exact) mass is 213 g/mol. The Labute approximate surface area is 90.4 Å². The number of carbonyl (C=O) groups is 2. The summed E-state index contributed by atoms with van der Waals surface area (Å²) in [6.45, 7) is 5.89. The van der Waals surface area contributed by atoms with Crippen molar-refractivity contribution in [3.05, 3.63) is 12.7 Å². The molecule has 0 saturated heterocycles. The molecule has 1 amide bonds. The van der Waals surface area contributed by atoms with Gasteiger partial charge in [0.05, 0.1) is 0 Å². The van der Waals surface area contributed by atoms with E-state index in [1.165, 1.54) is 0 Å². The topological polar surface area (TPSA) is 66.4 Å². The van der Waals surface area contributed by atoms with Crippen molar-refractivity contribution in [2.45, 2.75) is 32.6 Å². The van der Waals surface area contributed by atoms with E-state index >= 15 is 0 Å². The maximum absolute atomic E-state index is 11.2. The van der Waals surface area contributed by atoms with Crippen LogP contribution in [0.4, 0.5) is 0 Å². The number of carboxylic acids is 1. The van der Waals surface area contributed by atoms with Gasteiger partial charge in [-0.1, -0.05) is 19.4 Å². The average Bonchev–Trinajstić information content (AvgIpc) is 2.20. The van der Waals surface area contributed by atoms with E-state index in [1.807, 2.05) is 6.92 Å². The standard InChI is InChI=1S/C11H19NO3/c1-3-5-6-10(13)12-8-9(4-2)7-11(14)15/h3,9H,1,4-8H2,2H3,(H,12,13)(H,14,15). The molecule has 0 saturated carbocycles. The van der Waals surface area contributed by atoms with Gasteiger partial charge in [0.25, 0.3) is 0 Å². The fourth-order valence-electron chi connectivity index (χ4n) is 1.19. The number of hydrogen-bond acceptors (Lipinski definition) is 2.